The van der Waals surface area contributed by atoms with E-state index >= 15 is 0 Å². The fourth-order valence-electron chi connectivity index (χ4n) is 8.11. The summed E-state index contributed by atoms with van der Waals surface area (Å²) in [6.07, 6.45) is 9.25. The van der Waals surface area contributed by atoms with Gasteiger partial charge in [0, 0.05) is 18.9 Å². The first-order valence-electron chi connectivity index (χ1n) is 10.4. The molecule has 4 aliphatic carbocycles. The van der Waals surface area contributed by atoms with Crippen LogP contribution in [0.1, 0.15) is 65.2 Å². The normalized spacial score (nSPS) is 56.6. The van der Waals surface area contributed by atoms with Gasteiger partial charge >= 0.3 is 0 Å². The summed E-state index contributed by atoms with van der Waals surface area (Å²) in [7, 11) is 1.83. The smallest absolute Gasteiger partial charge is 0.179 e. The van der Waals surface area contributed by atoms with Gasteiger partial charge in [-0.1, -0.05) is 13.8 Å². The van der Waals surface area contributed by atoms with Gasteiger partial charge in [0.1, 0.15) is 0 Å². The van der Waals surface area contributed by atoms with E-state index in [2.05, 4.69) is 13.8 Å². The maximum absolute atomic E-state index is 11.1. The average Bonchev–Trinajstić information content (AvgIpc) is 2.88. The first kappa shape index (κ1) is 17.0. The third kappa shape index (κ3) is 2.03. The molecule has 1 spiro atoms. The van der Waals surface area contributed by atoms with Crippen molar-refractivity contribution in [2.45, 2.75) is 83.2 Å². The maximum atomic E-state index is 11.1. The Morgan fingerprint density at radius 3 is 2.36 bits per heavy atom. The second-order valence-electron chi connectivity index (χ2n) is 10.1. The first-order valence-corrected chi connectivity index (χ1v) is 10.4. The lowest BCUT2D eigenvalue weighted by Gasteiger charge is -2.63. The Labute approximate surface area is 151 Å². The molecule has 4 nitrogen and oxygen atoms in total. The third-order valence-corrected chi connectivity index (χ3v) is 9.59. The van der Waals surface area contributed by atoms with Crippen molar-refractivity contribution >= 4 is 0 Å². The molecule has 4 saturated carbocycles. The highest BCUT2D eigenvalue weighted by Crippen LogP contribution is 2.70. The molecule has 25 heavy (non-hydrogen) atoms. The third-order valence-electron chi connectivity index (χ3n) is 9.59. The minimum atomic E-state index is -0.306. The second kappa shape index (κ2) is 5.43. The topological polar surface area (TPSA) is 47.9 Å². The molecular formula is C21H34O4. The van der Waals surface area contributed by atoms with E-state index in [9.17, 15) is 5.11 Å². The van der Waals surface area contributed by atoms with Crippen LogP contribution in [0.15, 0.2) is 0 Å². The highest BCUT2D eigenvalue weighted by atomic mass is 16.9. The molecule has 0 aromatic rings. The molecule has 1 saturated heterocycles. The molecule has 0 amide bonds. The molecule has 1 heterocycles. The van der Waals surface area contributed by atoms with E-state index in [0.29, 0.717) is 30.7 Å². The lowest BCUT2D eigenvalue weighted by Crippen LogP contribution is -2.63. The summed E-state index contributed by atoms with van der Waals surface area (Å²) in [4.78, 5) is 0. The van der Waals surface area contributed by atoms with E-state index in [0.717, 1.165) is 31.6 Å². The van der Waals surface area contributed by atoms with Crippen LogP contribution >= 0.6 is 0 Å². The molecule has 5 rings (SSSR count). The predicted molar refractivity (Wildman–Crippen MR) is 93.7 cm³/mol. The second-order valence-corrected chi connectivity index (χ2v) is 10.1. The quantitative estimate of drug-likeness (QED) is 0.783. The molecule has 0 aromatic heterocycles. The van der Waals surface area contributed by atoms with Crippen molar-refractivity contribution in [1.29, 1.82) is 0 Å². The lowest BCUT2D eigenvalue weighted by atomic mass is 9.44. The van der Waals surface area contributed by atoms with E-state index < -0.39 is 0 Å². The Hall–Kier alpha value is -0.160. The Kier molecular flexibility index (Phi) is 3.69. The fourth-order valence-corrected chi connectivity index (χ4v) is 8.11. The van der Waals surface area contributed by atoms with Gasteiger partial charge < -0.3 is 19.3 Å². The summed E-state index contributed by atoms with van der Waals surface area (Å²) >= 11 is 0. The molecular weight excluding hydrogens is 316 g/mol. The van der Waals surface area contributed by atoms with Crippen molar-refractivity contribution in [3.63, 3.8) is 0 Å². The zero-order valence-electron chi connectivity index (χ0n) is 16.0. The van der Waals surface area contributed by atoms with E-state index in [4.69, 9.17) is 14.2 Å². The predicted octanol–water partition coefficient (Wildman–Crippen LogP) is 3.72. The van der Waals surface area contributed by atoms with Crippen LogP contribution in [0.5, 0.6) is 0 Å². The molecule has 8 atom stereocenters. The van der Waals surface area contributed by atoms with Gasteiger partial charge in [0.2, 0.25) is 0 Å². The van der Waals surface area contributed by atoms with Crippen LogP contribution in [0.2, 0.25) is 0 Å². The van der Waals surface area contributed by atoms with Gasteiger partial charge in [0.05, 0.1) is 12.2 Å². The van der Waals surface area contributed by atoms with E-state index in [1.807, 2.05) is 7.11 Å². The molecule has 5 aliphatic rings. The van der Waals surface area contributed by atoms with Crippen LogP contribution in [-0.4, -0.2) is 37.0 Å². The van der Waals surface area contributed by atoms with Crippen molar-refractivity contribution in [3.05, 3.63) is 0 Å². The Morgan fingerprint density at radius 1 is 0.920 bits per heavy atom. The van der Waals surface area contributed by atoms with Crippen LogP contribution in [0.25, 0.3) is 0 Å². The zero-order chi connectivity index (χ0) is 17.4. The molecule has 1 aliphatic heterocycles. The molecule has 1 unspecified atom stereocenters. The lowest BCUT2D eigenvalue weighted by molar-refractivity contribution is -0.437. The van der Waals surface area contributed by atoms with Crippen LogP contribution in [-0.2, 0) is 14.2 Å². The molecule has 0 radical (unpaired) electrons. The molecule has 1 N–H and O–H groups in total. The van der Waals surface area contributed by atoms with E-state index in [1.165, 1.54) is 25.7 Å². The van der Waals surface area contributed by atoms with Gasteiger partial charge in [-0.3, -0.25) is 0 Å². The molecule has 5 fully saturated rings. The van der Waals surface area contributed by atoms with Gasteiger partial charge in [-0.15, -0.1) is 0 Å². The number of methoxy groups -OCH3 is 1. The fraction of sp³-hybridized carbons (Fsp3) is 1.00. The van der Waals surface area contributed by atoms with Crippen LogP contribution in [0, 0.1) is 34.5 Å². The van der Waals surface area contributed by atoms with Crippen LogP contribution in [0.3, 0.4) is 0 Å². The minimum Gasteiger partial charge on any atom is -0.393 e. The maximum Gasteiger partial charge on any atom is 0.179 e. The largest absolute Gasteiger partial charge is 0.393 e. The van der Waals surface area contributed by atoms with Gasteiger partial charge in [-0.05, 0) is 74.0 Å². The van der Waals surface area contributed by atoms with E-state index in [-0.39, 0.29) is 22.7 Å². The highest BCUT2D eigenvalue weighted by Gasteiger charge is 2.69. The zero-order valence-corrected chi connectivity index (χ0v) is 16.0. The Morgan fingerprint density at radius 2 is 1.68 bits per heavy atom. The number of rotatable bonds is 1. The summed E-state index contributed by atoms with van der Waals surface area (Å²) in [6.45, 7) is 5.35. The first-order chi connectivity index (χ1) is 11.9. The average molecular weight is 350 g/mol. The number of hydrogen-bond donors (Lipinski definition) is 1. The van der Waals surface area contributed by atoms with Gasteiger partial charge in [0.15, 0.2) is 12.6 Å². The Bertz CT molecular complexity index is 546. The summed E-state index contributed by atoms with van der Waals surface area (Å²) in [5.74, 6) is 2.11. The van der Waals surface area contributed by atoms with E-state index in [1.54, 1.807) is 0 Å². The minimum absolute atomic E-state index is 0.138. The number of fused-ring (bicyclic) bond motifs is 6. The SMILES string of the molecule is CO[C@H]1CC[C@@]2(C)[C@H](C1)C(O)C[C@@H]1[C@@H]2CC[C@@]2(C)[C@H]1CCC21OCO1. The summed E-state index contributed by atoms with van der Waals surface area (Å²) < 4.78 is 17.7. The molecule has 0 bridgehead atoms. The molecule has 0 aromatic carbocycles. The number of ether oxygens (including phenoxy) is 3. The monoisotopic (exact) mass is 350 g/mol. The number of hydrogen-bond acceptors (Lipinski definition) is 4. The van der Waals surface area contributed by atoms with Crippen molar-refractivity contribution in [1.82, 2.24) is 0 Å². The van der Waals surface area contributed by atoms with Crippen LogP contribution < -0.4 is 0 Å². The van der Waals surface area contributed by atoms with Crippen molar-refractivity contribution < 1.29 is 19.3 Å². The highest BCUT2D eigenvalue weighted by molar-refractivity contribution is 5.14. The van der Waals surface area contributed by atoms with Gasteiger partial charge in [0.25, 0.3) is 0 Å². The number of aliphatic hydroxyl groups excluding tert-OH is 1. The number of aliphatic hydroxyl groups is 1. The van der Waals surface area contributed by atoms with Crippen molar-refractivity contribution in [3.8, 4) is 0 Å². The summed E-state index contributed by atoms with van der Waals surface area (Å²) in [6, 6.07) is 0. The molecule has 4 heteroatoms. The van der Waals surface area contributed by atoms with Gasteiger partial charge in [-0.25, -0.2) is 0 Å². The standard InChI is InChI=1S/C21H34O4/c1-19-7-4-13(23-3)10-17(19)18(22)11-14-15(19)5-8-20(2)16(14)6-9-21(20)24-12-25-21/h13-18,22H,4-12H2,1-3H3/t13-,14+,15-,16-,17+,18?,19+,20-/m0/s1. The Balaban J connectivity index is 1.45. The van der Waals surface area contributed by atoms with Gasteiger partial charge in [-0.2, -0.15) is 0 Å². The van der Waals surface area contributed by atoms with Crippen molar-refractivity contribution in [2.75, 3.05) is 13.9 Å². The molecule has 142 valence electrons. The van der Waals surface area contributed by atoms with Crippen LogP contribution in [0.4, 0.5) is 0 Å². The summed E-state index contributed by atoms with van der Waals surface area (Å²) in [5.41, 5.74) is 0.412. The summed E-state index contributed by atoms with van der Waals surface area (Å²) in [5, 5.41) is 11.1. The van der Waals surface area contributed by atoms with Crippen molar-refractivity contribution in [2.24, 2.45) is 34.5 Å².